The fraction of sp³-hybridized carbons (Fsp3) is 0.632. The molecule has 0 amide bonds. The smallest absolute Gasteiger partial charge is 0.303 e. The lowest BCUT2D eigenvalue weighted by Gasteiger charge is -2.44. The summed E-state index contributed by atoms with van der Waals surface area (Å²) in [5, 5.41) is 9.30. The Morgan fingerprint density at radius 1 is 0.900 bits per heavy atom. The Labute approximate surface area is 173 Å². The molecule has 0 aromatic carbocycles. The molecule has 1 saturated heterocycles. The van der Waals surface area contributed by atoms with Crippen LogP contribution in [0.3, 0.4) is 0 Å². The average Bonchev–Trinajstić information content (AvgIpc) is 2.60. The van der Waals surface area contributed by atoms with Crippen molar-refractivity contribution < 1.29 is 47.6 Å². The van der Waals surface area contributed by atoms with Gasteiger partial charge in [0.25, 0.3) is 0 Å². The van der Waals surface area contributed by atoms with E-state index in [-0.39, 0.29) is 6.61 Å². The molecule has 11 heteroatoms. The molecule has 6 atom stereocenters. The summed E-state index contributed by atoms with van der Waals surface area (Å²) < 4.78 is 32.0. The number of ether oxygens (including phenoxy) is 6. The minimum absolute atomic E-state index is 0.338. The van der Waals surface area contributed by atoms with Gasteiger partial charge in [-0.2, -0.15) is 5.26 Å². The van der Waals surface area contributed by atoms with Crippen molar-refractivity contribution in [1.29, 1.82) is 5.26 Å². The van der Waals surface area contributed by atoms with Crippen LogP contribution in [0, 0.1) is 11.3 Å². The second kappa shape index (κ2) is 11.3. The molecule has 166 valence electrons. The molecule has 0 saturated carbocycles. The highest BCUT2D eigenvalue weighted by Gasteiger charge is 2.53. The summed E-state index contributed by atoms with van der Waals surface area (Å²) in [6.45, 7) is 9.28. The lowest BCUT2D eigenvalue weighted by Crippen LogP contribution is -2.63. The van der Waals surface area contributed by atoms with Crippen molar-refractivity contribution in [1.82, 2.24) is 0 Å². The summed E-state index contributed by atoms with van der Waals surface area (Å²) in [6.07, 6.45) is -7.76. The van der Waals surface area contributed by atoms with E-state index in [0.717, 1.165) is 27.7 Å². The highest BCUT2D eigenvalue weighted by Crippen LogP contribution is 2.31. The third-order valence-corrected chi connectivity index (χ3v) is 3.78. The zero-order valence-electron chi connectivity index (χ0n) is 17.4. The number of hydrogen-bond donors (Lipinski definition) is 0. The first kappa shape index (κ1) is 25.1. The second-order valence-corrected chi connectivity index (χ2v) is 6.56. The number of rotatable bonds is 8. The van der Waals surface area contributed by atoms with Crippen molar-refractivity contribution in [2.45, 2.75) is 71.4 Å². The molecular weight excluding hydrogens is 402 g/mol. The zero-order chi connectivity index (χ0) is 23.0. The summed E-state index contributed by atoms with van der Waals surface area (Å²) in [5.41, 5.74) is 0.338. The average molecular weight is 427 g/mol. The van der Waals surface area contributed by atoms with Crippen LogP contribution < -0.4 is 0 Å². The standard InChI is InChI=1S/C19H25NO10/c1-9(2)14(7-20)29-19-18(28-13(6)24)17(27-12(5)23)16(26-11(4)22)15(30-19)8-25-10(3)21/h14-19H,1,8H2,2-6H3/t14-,15+,16+,17-,18+,19+/m0/s1. The summed E-state index contributed by atoms with van der Waals surface area (Å²) in [6, 6.07) is 1.87. The van der Waals surface area contributed by atoms with Crippen LogP contribution >= 0.6 is 0 Å². The van der Waals surface area contributed by atoms with Crippen LogP contribution in [0.4, 0.5) is 0 Å². The SMILES string of the molecule is C=C(C)[C@H](C#N)O[C@@H]1O[C@H](COC(C)=O)[C@@H](OC(C)=O)[C@H](OC(C)=O)[C@H]1OC(C)=O. The molecule has 1 heterocycles. The molecule has 0 N–H and O–H groups in total. The largest absolute Gasteiger partial charge is 0.463 e. The predicted molar refractivity (Wildman–Crippen MR) is 97.3 cm³/mol. The Morgan fingerprint density at radius 3 is 1.83 bits per heavy atom. The van der Waals surface area contributed by atoms with Crippen molar-refractivity contribution in [2.24, 2.45) is 0 Å². The molecule has 1 aliphatic rings. The number of nitrogens with zero attached hydrogens (tertiary/aromatic N) is 1. The third kappa shape index (κ3) is 7.46. The van der Waals surface area contributed by atoms with E-state index in [9.17, 15) is 24.4 Å². The number of hydrogen-bond acceptors (Lipinski definition) is 11. The molecule has 1 fully saturated rings. The van der Waals surface area contributed by atoms with Gasteiger partial charge in [-0.15, -0.1) is 0 Å². The van der Waals surface area contributed by atoms with E-state index in [1.807, 2.05) is 6.07 Å². The molecule has 0 unspecified atom stereocenters. The Morgan fingerprint density at radius 2 is 1.40 bits per heavy atom. The number of esters is 4. The van der Waals surface area contributed by atoms with Crippen LogP contribution in [0.15, 0.2) is 12.2 Å². The number of carbonyl (C=O) groups excluding carboxylic acids is 4. The third-order valence-electron chi connectivity index (χ3n) is 3.78. The molecule has 11 nitrogen and oxygen atoms in total. The van der Waals surface area contributed by atoms with E-state index >= 15 is 0 Å². The van der Waals surface area contributed by atoms with Crippen LogP contribution in [-0.4, -0.2) is 67.3 Å². The zero-order valence-corrected chi connectivity index (χ0v) is 17.4. The van der Waals surface area contributed by atoms with Crippen LogP contribution in [0.5, 0.6) is 0 Å². The number of nitriles is 1. The maximum atomic E-state index is 11.7. The molecule has 0 aliphatic carbocycles. The maximum absolute atomic E-state index is 11.7. The second-order valence-electron chi connectivity index (χ2n) is 6.56. The van der Waals surface area contributed by atoms with Crippen molar-refractivity contribution in [3.05, 3.63) is 12.2 Å². The molecule has 0 radical (unpaired) electrons. The van der Waals surface area contributed by atoms with Crippen LogP contribution in [0.1, 0.15) is 34.6 Å². The van der Waals surface area contributed by atoms with Gasteiger partial charge in [-0.25, -0.2) is 0 Å². The Hall–Kier alpha value is -2.97. The molecule has 0 spiro atoms. The van der Waals surface area contributed by atoms with Gasteiger partial charge < -0.3 is 28.4 Å². The first-order valence-electron chi connectivity index (χ1n) is 8.97. The number of carbonyl (C=O) groups is 4. The first-order chi connectivity index (χ1) is 14.0. The van der Waals surface area contributed by atoms with Crippen LogP contribution in [0.25, 0.3) is 0 Å². The molecule has 0 aromatic rings. The molecule has 30 heavy (non-hydrogen) atoms. The Bertz CT molecular complexity index is 727. The summed E-state index contributed by atoms with van der Waals surface area (Å²) >= 11 is 0. The monoisotopic (exact) mass is 427 g/mol. The van der Waals surface area contributed by atoms with E-state index in [4.69, 9.17) is 28.4 Å². The summed E-state index contributed by atoms with van der Waals surface area (Å²) in [4.78, 5) is 46.3. The van der Waals surface area contributed by atoms with E-state index < -0.39 is 60.7 Å². The maximum Gasteiger partial charge on any atom is 0.303 e. The van der Waals surface area contributed by atoms with Gasteiger partial charge in [0.2, 0.25) is 6.29 Å². The van der Waals surface area contributed by atoms with Crippen molar-refractivity contribution in [3.8, 4) is 6.07 Å². The first-order valence-corrected chi connectivity index (χ1v) is 8.97. The summed E-state index contributed by atoms with van der Waals surface area (Å²) in [5.74, 6) is -2.91. The van der Waals surface area contributed by atoms with Gasteiger partial charge in [0, 0.05) is 27.7 Å². The van der Waals surface area contributed by atoms with Gasteiger partial charge >= 0.3 is 23.9 Å². The summed E-state index contributed by atoms with van der Waals surface area (Å²) in [7, 11) is 0. The lowest BCUT2D eigenvalue weighted by molar-refractivity contribution is -0.311. The molecule has 0 bridgehead atoms. The highest BCUT2D eigenvalue weighted by atomic mass is 16.7. The highest BCUT2D eigenvalue weighted by molar-refractivity contribution is 5.68. The van der Waals surface area contributed by atoms with Gasteiger partial charge in [-0.3, -0.25) is 19.2 Å². The van der Waals surface area contributed by atoms with E-state index in [2.05, 4.69) is 6.58 Å². The van der Waals surface area contributed by atoms with Gasteiger partial charge in [0.05, 0.1) is 6.07 Å². The minimum Gasteiger partial charge on any atom is -0.463 e. The normalized spacial score (nSPS) is 26.5. The van der Waals surface area contributed by atoms with E-state index in [0.29, 0.717) is 5.57 Å². The Balaban J connectivity index is 3.39. The van der Waals surface area contributed by atoms with Crippen molar-refractivity contribution in [3.63, 3.8) is 0 Å². The topological polar surface area (TPSA) is 147 Å². The van der Waals surface area contributed by atoms with Gasteiger partial charge in [-0.1, -0.05) is 6.58 Å². The van der Waals surface area contributed by atoms with Gasteiger partial charge in [0.15, 0.2) is 24.4 Å². The van der Waals surface area contributed by atoms with Crippen LogP contribution in [-0.2, 0) is 47.6 Å². The van der Waals surface area contributed by atoms with E-state index in [1.54, 1.807) is 6.92 Å². The predicted octanol–water partition coefficient (Wildman–Crippen LogP) is 0.554. The molecular formula is C19H25NO10. The van der Waals surface area contributed by atoms with Gasteiger partial charge in [-0.05, 0) is 12.5 Å². The molecule has 1 rings (SSSR count). The lowest BCUT2D eigenvalue weighted by atomic mass is 9.98. The van der Waals surface area contributed by atoms with Gasteiger partial charge in [0.1, 0.15) is 12.7 Å². The van der Waals surface area contributed by atoms with Crippen molar-refractivity contribution in [2.75, 3.05) is 6.61 Å². The fourth-order valence-electron chi connectivity index (χ4n) is 2.69. The quantitative estimate of drug-likeness (QED) is 0.304. The molecule has 1 aliphatic heterocycles. The molecule has 0 aromatic heterocycles. The minimum atomic E-state index is -1.42. The van der Waals surface area contributed by atoms with Crippen LogP contribution in [0.2, 0.25) is 0 Å². The van der Waals surface area contributed by atoms with E-state index in [1.165, 1.54) is 0 Å². The fourth-order valence-corrected chi connectivity index (χ4v) is 2.69. The van der Waals surface area contributed by atoms with Crippen molar-refractivity contribution >= 4 is 23.9 Å². The Kier molecular flexibility index (Phi) is 9.42.